The minimum Gasteiger partial charge on any atom is -0.467 e. The summed E-state index contributed by atoms with van der Waals surface area (Å²) in [6.07, 6.45) is 2.01. The molecular formula is C19H28N2O4. The smallest absolute Gasteiger partial charge is 0.328 e. The van der Waals surface area contributed by atoms with Gasteiger partial charge in [-0.25, -0.2) is 4.79 Å². The van der Waals surface area contributed by atoms with Crippen LogP contribution in [0.25, 0.3) is 0 Å². The Kier molecular flexibility index (Phi) is 8.67. The van der Waals surface area contributed by atoms with Gasteiger partial charge in [-0.2, -0.15) is 0 Å². The maximum Gasteiger partial charge on any atom is 0.328 e. The van der Waals surface area contributed by atoms with Crippen LogP contribution in [0.4, 0.5) is 0 Å². The van der Waals surface area contributed by atoms with Crippen molar-refractivity contribution in [3.8, 4) is 0 Å². The molecule has 6 nitrogen and oxygen atoms in total. The second kappa shape index (κ2) is 10.5. The number of methoxy groups -OCH3 is 1. The highest BCUT2D eigenvalue weighted by Crippen LogP contribution is 2.09. The topological polar surface area (TPSA) is 84.5 Å². The van der Waals surface area contributed by atoms with Crippen molar-refractivity contribution in [2.24, 2.45) is 5.92 Å². The summed E-state index contributed by atoms with van der Waals surface area (Å²) in [5.41, 5.74) is 1.18. The van der Waals surface area contributed by atoms with E-state index in [9.17, 15) is 14.4 Å². The maximum absolute atomic E-state index is 12.5. The number of ether oxygens (including phenoxy) is 1. The molecule has 25 heavy (non-hydrogen) atoms. The minimum atomic E-state index is -0.726. The minimum absolute atomic E-state index is 0.0912. The molecule has 0 spiro atoms. The molecule has 1 aromatic carbocycles. The first-order valence-electron chi connectivity index (χ1n) is 8.54. The fourth-order valence-corrected chi connectivity index (χ4v) is 2.56. The van der Waals surface area contributed by atoms with Gasteiger partial charge in [0.15, 0.2) is 0 Å². The van der Waals surface area contributed by atoms with Gasteiger partial charge in [0.1, 0.15) is 12.1 Å². The quantitative estimate of drug-likeness (QED) is 0.667. The Labute approximate surface area is 149 Å². The van der Waals surface area contributed by atoms with Gasteiger partial charge in [0, 0.05) is 6.92 Å². The van der Waals surface area contributed by atoms with E-state index in [-0.39, 0.29) is 17.7 Å². The Bertz CT molecular complexity index is 572. The van der Waals surface area contributed by atoms with Gasteiger partial charge < -0.3 is 15.4 Å². The third-order valence-corrected chi connectivity index (χ3v) is 3.91. The molecule has 2 N–H and O–H groups in total. The van der Waals surface area contributed by atoms with E-state index in [1.807, 2.05) is 44.2 Å². The van der Waals surface area contributed by atoms with Crippen LogP contribution in [0.15, 0.2) is 30.3 Å². The van der Waals surface area contributed by atoms with E-state index in [1.54, 1.807) is 0 Å². The molecule has 0 heterocycles. The summed E-state index contributed by atoms with van der Waals surface area (Å²) in [5.74, 6) is -1.23. The summed E-state index contributed by atoms with van der Waals surface area (Å²) >= 11 is 0. The molecule has 0 aliphatic rings. The van der Waals surface area contributed by atoms with E-state index in [0.717, 1.165) is 12.8 Å². The Balaban J connectivity index is 2.66. The molecule has 2 atom stereocenters. The number of hydrogen-bond donors (Lipinski definition) is 2. The zero-order valence-electron chi connectivity index (χ0n) is 15.4. The first-order valence-corrected chi connectivity index (χ1v) is 8.54. The van der Waals surface area contributed by atoms with Crippen molar-refractivity contribution in [2.45, 2.75) is 52.1 Å². The molecule has 6 heteroatoms. The Morgan fingerprint density at radius 2 is 1.72 bits per heavy atom. The van der Waals surface area contributed by atoms with Crippen molar-refractivity contribution in [3.05, 3.63) is 35.9 Å². The largest absolute Gasteiger partial charge is 0.467 e. The van der Waals surface area contributed by atoms with Gasteiger partial charge >= 0.3 is 5.97 Å². The molecule has 1 aromatic rings. The highest BCUT2D eigenvalue weighted by molar-refractivity contribution is 5.90. The molecule has 0 aliphatic heterocycles. The SMILES string of the molecule is COC(=O)[C@H](CCCc1ccccc1)NC(=O)[C@H](NC(C)=O)C(C)C. The predicted molar refractivity (Wildman–Crippen MR) is 95.8 cm³/mol. The molecule has 0 bridgehead atoms. The molecule has 2 amide bonds. The summed E-state index contributed by atoms with van der Waals surface area (Å²) in [5, 5.41) is 5.33. The first-order chi connectivity index (χ1) is 11.8. The number of benzene rings is 1. The van der Waals surface area contributed by atoms with Crippen LogP contribution in [0.5, 0.6) is 0 Å². The fraction of sp³-hybridized carbons (Fsp3) is 0.526. The molecule has 0 radical (unpaired) electrons. The number of rotatable bonds is 9. The Hall–Kier alpha value is -2.37. The first kappa shape index (κ1) is 20.7. The van der Waals surface area contributed by atoms with Crippen LogP contribution < -0.4 is 10.6 Å². The molecule has 0 fully saturated rings. The molecule has 1 rings (SSSR count). The summed E-state index contributed by atoms with van der Waals surface area (Å²) in [7, 11) is 1.30. The second-order valence-electron chi connectivity index (χ2n) is 6.38. The predicted octanol–water partition coefficient (Wildman–Crippen LogP) is 1.83. The van der Waals surface area contributed by atoms with E-state index in [2.05, 4.69) is 10.6 Å². The van der Waals surface area contributed by atoms with Crippen molar-refractivity contribution in [1.82, 2.24) is 10.6 Å². The number of aryl methyl sites for hydroxylation is 1. The van der Waals surface area contributed by atoms with Gasteiger partial charge in [0.2, 0.25) is 11.8 Å². The normalized spacial score (nSPS) is 13.0. The lowest BCUT2D eigenvalue weighted by Crippen LogP contribution is -2.53. The van der Waals surface area contributed by atoms with Gasteiger partial charge in [-0.15, -0.1) is 0 Å². The van der Waals surface area contributed by atoms with Gasteiger partial charge in [-0.05, 0) is 30.7 Å². The van der Waals surface area contributed by atoms with E-state index in [1.165, 1.54) is 19.6 Å². The second-order valence-corrected chi connectivity index (χ2v) is 6.38. The molecule has 0 unspecified atom stereocenters. The standard InChI is InChI=1S/C19H28N2O4/c1-13(2)17(20-14(3)22)18(23)21-16(19(24)25-4)12-8-11-15-9-6-5-7-10-15/h5-7,9-10,13,16-17H,8,11-12H2,1-4H3,(H,20,22)(H,21,23)/t16-,17+/m0/s1. The Morgan fingerprint density at radius 3 is 2.24 bits per heavy atom. The zero-order chi connectivity index (χ0) is 18.8. The van der Waals surface area contributed by atoms with Crippen molar-refractivity contribution >= 4 is 17.8 Å². The van der Waals surface area contributed by atoms with Crippen molar-refractivity contribution in [1.29, 1.82) is 0 Å². The van der Waals surface area contributed by atoms with Crippen molar-refractivity contribution < 1.29 is 19.1 Å². The maximum atomic E-state index is 12.5. The van der Waals surface area contributed by atoms with Crippen LogP contribution in [0, 0.1) is 5.92 Å². The molecule has 0 aliphatic carbocycles. The van der Waals surface area contributed by atoms with E-state index in [4.69, 9.17) is 4.74 Å². The average Bonchev–Trinajstić information content (AvgIpc) is 2.58. The van der Waals surface area contributed by atoms with Gasteiger partial charge in [-0.1, -0.05) is 44.2 Å². The van der Waals surface area contributed by atoms with Crippen LogP contribution in [-0.2, 0) is 25.5 Å². The van der Waals surface area contributed by atoms with E-state index >= 15 is 0 Å². The molecule has 0 saturated heterocycles. The van der Waals surface area contributed by atoms with Crippen LogP contribution >= 0.6 is 0 Å². The third kappa shape index (κ3) is 7.37. The number of esters is 1. The third-order valence-electron chi connectivity index (χ3n) is 3.91. The van der Waals surface area contributed by atoms with Crippen molar-refractivity contribution in [3.63, 3.8) is 0 Å². The van der Waals surface area contributed by atoms with Crippen molar-refractivity contribution in [2.75, 3.05) is 7.11 Å². The highest BCUT2D eigenvalue weighted by atomic mass is 16.5. The lowest BCUT2D eigenvalue weighted by molar-refractivity contribution is -0.145. The van der Waals surface area contributed by atoms with Gasteiger partial charge in [-0.3, -0.25) is 9.59 Å². The number of hydrogen-bond acceptors (Lipinski definition) is 4. The van der Waals surface area contributed by atoms with Crippen LogP contribution in [0.1, 0.15) is 39.2 Å². The highest BCUT2D eigenvalue weighted by Gasteiger charge is 2.28. The van der Waals surface area contributed by atoms with Crippen LogP contribution in [0.2, 0.25) is 0 Å². The van der Waals surface area contributed by atoms with Gasteiger partial charge in [0.25, 0.3) is 0 Å². The van der Waals surface area contributed by atoms with E-state index in [0.29, 0.717) is 6.42 Å². The summed E-state index contributed by atoms with van der Waals surface area (Å²) in [6, 6.07) is 8.53. The lowest BCUT2D eigenvalue weighted by atomic mass is 10.0. The number of nitrogens with one attached hydrogen (secondary N) is 2. The number of carbonyl (C=O) groups excluding carboxylic acids is 3. The summed E-state index contributed by atoms with van der Waals surface area (Å²) < 4.78 is 4.80. The monoisotopic (exact) mass is 348 g/mol. The van der Waals surface area contributed by atoms with Crippen LogP contribution in [-0.4, -0.2) is 37.0 Å². The zero-order valence-corrected chi connectivity index (χ0v) is 15.4. The molecule has 0 saturated carbocycles. The lowest BCUT2D eigenvalue weighted by Gasteiger charge is -2.24. The fourth-order valence-electron chi connectivity index (χ4n) is 2.56. The molecule has 138 valence electrons. The van der Waals surface area contributed by atoms with Gasteiger partial charge in [0.05, 0.1) is 7.11 Å². The number of amides is 2. The molecule has 0 aromatic heterocycles. The summed E-state index contributed by atoms with van der Waals surface area (Å²) in [6.45, 7) is 5.03. The number of carbonyl (C=O) groups is 3. The average molecular weight is 348 g/mol. The Morgan fingerprint density at radius 1 is 1.08 bits per heavy atom. The van der Waals surface area contributed by atoms with E-state index < -0.39 is 18.1 Å². The molecular weight excluding hydrogens is 320 g/mol. The summed E-state index contributed by atoms with van der Waals surface area (Å²) in [4.78, 5) is 35.7. The van der Waals surface area contributed by atoms with Crippen LogP contribution in [0.3, 0.4) is 0 Å².